The molecule has 0 radical (unpaired) electrons. The second-order valence-electron chi connectivity index (χ2n) is 3.62. The molecule has 17 heavy (non-hydrogen) atoms. The van der Waals surface area contributed by atoms with Crippen molar-refractivity contribution in [2.24, 2.45) is 0 Å². The maximum absolute atomic E-state index is 9.89. The summed E-state index contributed by atoms with van der Waals surface area (Å²) in [5.41, 5.74) is 0.744. The molecule has 0 saturated heterocycles. The van der Waals surface area contributed by atoms with Crippen molar-refractivity contribution in [3.8, 4) is 5.75 Å². The van der Waals surface area contributed by atoms with Gasteiger partial charge in [-0.2, -0.15) is 0 Å². The summed E-state index contributed by atoms with van der Waals surface area (Å²) >= 11 is 6.62. The Labute approximate surface area is 117 Å². The summed E-state index contributed by atoms with van der Waals surface area (Å²) in [6.45, 7) is 1.45. The molecule has 0 spiro atoms. The third-order valence-electron chi connectivity index (χ3n) is 2.33. The van der Waals surface area contributed by atoms with E-state index in [0.29, 0.717) is 24.1 Å². The molecule has 0 aromatic heterocycles. The van der Waals surface area contributed by atoms with Gasteiger partial charge >= 0.3 is 0 Å². The first-order valence-corrected chi connectivity index (χ1v) is 6.78. The van der Waals surface area contributed by atoms with Crippen LogP contribution in [0.3, 0.4) is 0 Å². The maximum atomic E-state index is 9.89. The summed E-state index contributed by atoms with van der Waals surface area (Å²) in [5, 5.41) is 27.7. The van der Waals surface area contributed by atoms with Gasteiger partial charge in [-0.1, -0.05) is 15.9 Å². The molecule has 0 heterocycles. The molecule has 0 aliphatic carbocycles. The quantitative estimate of drug-likeness (QED) is 0.715. The lowest BCUT2D eigenvalue weighted by molar-refractivity contribution is 0.155. The Balaban J connectivity index is 2.84. The lowest BCUT2D eigenvalue weighted by Crippen LogP contribution is -2.29. The second kappa shape index (κ2) is 7.33. The largest absolute Gasteiger partial charge is 0.506 e. The molecule has 0 aliphatic heterocycles. The van der Waals surface area contributed by atoms with Crippen LogP contribution in [0.1, 0.15) is 5.56 Å². The molecule has 1 rings (SSSR count). The number of aliphatic hydroxyl groups excluding tert-OH is 2. The molecule has 0 saturated carbocycles. The molecule has 4 nitrogen and oxygen atoms in total. The number of phenols is 1. The Morgan fingerprint density at radius 2 is 1.65 bits per heavy atom. The molecule has 96 valence electrons. The van der Waals surface area contributed by atoms with E-state index < -0.39 is 0 Å². The number of benzene rings is 1. The molecule has 0 fully saturated rings. The van der Waals surface area contributed by atoms with Gasteiger partial charge in [-0.3, -0.25) is 4.90 Å². The van der Waals surface area contributed by atoms with Crippen LogP contribution in [0.15, 0.2) is 21.1 Å². The Morgan fingerprint density at radius 1 is 1.06 bits per heavy atom. The molecule has 0 unspecified atom stereocenters. The summed E-state index contributed by atoms with van der Waals surface area (Å²) in [5.74, 6) is 0.189. The van der Waals surface area contributed by atoms with E-state index in [4.69, 9.17) is 10.2 Å². The fourth-order valence-corrected chi connectivity index (χ4v) is 2.85. The number of halogens is 2. The summed E-state index contributed by atoms with van der Waals surface area (Å²) in [7, 11) is 0. The average Bonchev–Trinajstić information content (AvgIpc) is 2.26. The van der Waals surface area contributed by atoms with Crippen LogP contribution in [-0.2, 0) is 6.54 Å². The number of nitrogens with zero attached hydrogens (tertiary/aromatic N) is 1. The molecule has 3 N–H and O–H groups in total. The topological polar surface area (TPSA) is 63.9 Å². The maximum Gasteiger partial charge on any atom is 0.134 e. The fourth-order valence-electron chi connectivity index (χ4n) is 1.53. The molecule has 0 atom stereocenters. The van der Waals surface area contributed by atoms with E-state index in [1.165, 1.54) is 0 Å². The third kappa shape index (κ3) is 4.56. The van der Waals surface area contributed by atoms with Gasteiger partial charge in [0.25, 0.3) is 0 Å². The van der Waals surface area contributed by atoms with Crippen LogP contribution in [0.5, 0.6) is 5.75 Å². The van der Waals surface area contributed by atoms with E-state index >= 15 is 0 Å². The molecular formula is C11H15Br2NO3. The zero-order valence-corrected chi connectivity index (χ0v) is 12.4. The molecule has 0 bridgehead atoms. The highest BCUT2D eigenvalue weighted by molar-refractivity contribution is 9.11. The molecule has 6 heteroatoms. The zero-order valence-electron chi connectivity index (χ0n) is 9.24. The smallest absolute Gasteiger partial charge is 0.134 e. The first-order valence-electron chi connectivity index (χ1n) is 5.19. The predicted molar refractivity (Wildman–Crippen MR) is 73.0 cm³/mol. The van der Waals surface area contributed by atoms with Crippen molar-refractivity contribution in [3.05, 3.63) is 26.6 Å². The zero-order chi connectivity index (χ0) is 12.8. The van der Waals surface area contributed by atoms with Crippen LogP contribution in [0.4, 0.5) is 0 Å². The molecular weight excluding hydrogens is 354 g/mol. The number of rotatable bonds is 6. The van der Waals surface area contributed by atoms with Gasteiger partial charge in [0.2, 0.25) is 0 Å². The van der Waals surface area contributed by atoms with Crippen LogP contribution in [0.2, 0.25) is 0 Å². The van der Waals surface area contributed by atoms with Gasteiger partial charge < -0.3 is 15.3 Å². The highest BCUT2D eigenvalue weighted by Gasteiger charge is 2.11. The van der Waals surface area contributed by atoms with Crippen molar-refractivity contribution in [2.75, 3.05) is 26.3 Å². The Hall–Kier alpha value is -0.140. The normalized spacial score (nSPS) is 11.1. The van der Waals surface area contributed by atoms with Crippen molar-refractivity contribution in [1.82, 2.24) is 4.90 Å². The number of aromatic hydroxyl groups is 1. The van der Waals surface area contributed by atoms with Gasteiger partial charge in [-0.15, -0.1) is 0 Å². The minimum atomic E-state index is 0.0237. The van der Waals surface area contributed by atoms with Crippen LogP contribution >= 0.6 is 31.9 Å². The van der Waals surface area contributed by atoms with Crippen LogP contribution in [0.25, 0.3) is 0 Å². The van der Waals surface area contributed by atoms with Gasteiger partial charge in [-0.25, -0.2) is 0 Å². The van der Waals surface area contributed by atoms with Crippen molar-refractivity contribution in [3.63, 3.8) is 0 Å². The summed E-state index contributed by atoms with van der Waals surface area (Å²) in [6.07, 6.45) is 0. The van der Waals surface area contributed by atoms with Crippen molar-refractivity contribution >= 4 is 31.9 Å². The Bertz CT molecular complexity index is 368. The van der Waals surface area contributed by atoms with Crippen molar-refractivity contribution in [1.29, 1.82) is 0 Å². The standard InChI is InChI=1S/C11H15Br2NO3/c12-9-5-8(11(17)10(13)6-9)7-14(1-3-15)2-4-16/h5-6,15-17H,1-4,7H2. The van der Waals surface area contributed by atoms with Gasteiger partial charge in [-0.05, 0) is 28.1 Å². The number of phenolic OH excluding ortho intramolecular Hbond substituents is 1. The Morgan fingerprint density at radius 3 is 2.18 bits per heavy atom. The number of hydrogen-bond acceptors (Lipinski definition) is 4. The van der Waals surface area contributed by atoms with Gasteiger partial charge in [0.05, 0.1) is 17.7 Å². The van der Waals surface area contributed by atoms with E-state index in [9.17, 15) is 5.11 Å². The molecule has 1 aromatic rings. The number of hydrogen-bond donors (Lipinski definition) is 3. The van der Waals surface area contributed by atoms with E-state index in [2.05, 4.69) is 31.9 Å². The highest BCUT2D eigenvalue weighted by Crippen LogP contribution is 2.32. The monoisotopic (exact) mass is 367 g/mol. The third-order valence-corrected chi connectivity index (χ3v) is 3.40. The van der Waals surface area contributed by atoms with E-state index in [0.717, 1.165) is 10.0 Å². The lowest BCUT2D eigenvalue weighted by Gasteiger charge is -2.21. The molecule has 0 aliphatic rings. The van der Waals surface area contributed by atoms with Gasteiger partial charge in [0.1, 0.15) is 5.75 Å². The minimum Gasteiger partial charge on any atom is -0.506 e. The van der Waals surface area contributed by atoms with E-state index in [-0.39, 0.29) is 19.0 Å². The lowest BCUT2D eigenvalue weighted by atomic mass is 10.2. The average molecular weight is 369 g/mol. The van der Waals surface area contributed by atoms with Crippen LogP contribution in [-0.4, -0.2) is 46.5 Å². The van der Waals surface area contributed by atoms with E-state index in [1.54, 1.807) is 6.07 Å². The Kier molecular flexibility index (Phi) is 6.43. The fraction of sp³-hybridized carbons (Fsp3) is 0.455. The molecule has 1 aromatic carbocycles. The van der Waals surface area contributed by atoms with Crippen LogP contribution in [0, 0.1) is 0 Å². The first-order chi connectivity index (χ1) is 8.08. The SMILES string of the molecule is OCCN(CCO)Cc1cc(Br)cc(Br)c1O. The molecule has 0 amide bonds. The predicted octanol–water partition coefficient (Wildman–Crippen LogP) is 1.70. The minimum absolute atomic E-state index is 0.0237. The van der Waals surface area contributed by atoms with Crippen molar-refractivity contribution < 1.29 is 15.3 Å². The summed E-state index contributed by atoms with van der Waals surface area (Å²) in [4.78, 5) is 1.87. The van der Waals surface area contributed by atoms with Crippen LogP contribution < -0.4 is 0 Å². The highest BCUT2D eigenvalue weighted by atomic mass is 79.9. The summed E-state index contributed by atoms with van der Waals surface area (Å²) < 4.78 is 1.49. The summed E-state index contributed by atoms with van der Waals surface area (Å²) in [6, 6.07) is 3.59. The first kappa shape index (κ1) is 14.9. The second-order valence-corrected chi connectivity index (χ2v) is 5.39. The van der Waals surface area contributed by atoms with Gasteiger partial charge in [0.15, 0.2) is 0 Å². The number of aliphatic hydroxyl groups is 2. The van der Waals surface area contributed by atoms with E-state index in [1.807, 2.05) is 11.0 Å². The van der Waals surface area contributed by atoms with Gasteiger partial charge in [0, 0.05) is 29.7 Å². The van der Waals surface area contributed by atoms with Crippen molar-refractivity contribution in [2.45, 2.75) is 6.54 Å².